The van der Waals surface area contributed by atoms with Crippen molar-refractivity contribution < 1.29 is 4.79 Å². The van der Waals surface area contributed by atoms with Crippen LogP contribution in [-0.2, 0) is 11.3 Å². The Kier molecular flexibility index (Phi) is 6.80. The lowest BCUT2D eigenvalue weighted by Gasteiger charge is -2.35. The van der Waals surface area contributed by atoms with Gasteiger partial charge in [-0.15, -0.1) is 0 Å². The lowest BCUT2D eigenvalue weighted by molar-refractivity contribution is -0.125. The number of amides is 1. The molecule has 1 atom stereocenters. The van der Waals surface area contributed by atoms with Gasteiger partial charge in [0.25, 0.3) is 5.91 Å². The van der Waals surface area contributed by atoms with Crippen LogP contribution in [0.15, 0.2) is 82.4 Å². The molecule has 30 heavy (non-hydrogen) atoms. The predicted molar refractivity (Wildman–Crippen MR) is 123 cm³/mol. The number of benzene rings is 2. The van der Waals surface area contributed by atoms with Crippen molar-refractivity contribution in [1.29, 1.82) is 0 Å². The van der Waals surface area contributed by atoms with Crippen molar-refractivity contribution in [3.63, 3.8) is 0 Å². The summed E-state index contributed by atoms with van der Waals surface area (Å²) in [5.74, 6) is -0.221. The standard InChI is InChI=1S/C24H27N5O/c1-27-14-19(13-25)21-16-29(15-18-10-6-7-11-20(18)21)24(30)23(28-2)12-22(26)17-8-4-3-5-9-17/h3-14,21H,15-16,25-26H2,1-2H3/b19-13?,22-12-,27-14?,28-23?. The normalized spacial score (nSPS) is 17.9. The zero-order valence-electron chi connectivity index (χ0n) is 17.3. The molecule has 2 aromatic carbocycles. The molecular weight excluding hydrogens is 374 g/mol. The Bertz CT molecular complexity index is 1020. The van der Waals surface area contributed by atoms with Crippen LogP contribution in [0.4, 0.5) is 0 Å². The lowest BCUT2D eigenvalue weighted by atomic mass is 9.84. The van der Waals surface area contributed by atoms with E-state index in [2.05, 4.69) is 16.1 Å². The lowest BCUT2D eigenvalue weighted by Crippen LogP contribution is -2.42. The molecule has 0 aliphatic carbocycles. The van der Waals surface area contributed by atoms with Crippen molar-refractivity contribution in [3.8, 4) is 0 Å². The van der Waals surface area contributed by atoms with E-state index in [1.165, 1.54) is 0 Å². The third kappa shape index (κ3) is 4.49. The fourth-order valence-corrected chi connectivity index (χ4v) is 3.69. The predicted octanol–water partition coefficient (Wildman–Crippen LogP) is 2.73. The van der Waals surface area contributed by atoms with Crippen LogP contribution in [0.1, 0.15) is 22.6 Å². The molecule has 1 aliphatic heterocycles. The highest BCUT2D eigenvalue weighted by atomic mass is 16.2. The zero-order chi connectivity index (χ0) is 21.5. The Balaban J connectivity index is 1.92. The van der Waals surface area contributed by atoms with Gasteiger partial charge in [-0.3, -0.25) is 14.8 Å². The molecule has 154 valence electrons. The van der Waals surface area contributed by atoms with Crippen molar-refractivity contribution in [2.45, 2.75) is 12.5 Å². The second-order valence-corrected chi connectivity index (χ2v) is 7.07. The maximum absolute atomic E-state index is 13.3. The SMILES string of the molecule is CN=CC(=CN)C1CN(C(=O)C(/C=C(\N)c2ccccc2)=NC)Cc2ccccc21. The number of rotatable bonds is 5. The van der Waals surface area contributed by atoms with Gasteiger partial charge in [0.1, 0.15) is 5.71 Å². The Morgan fingerprint density at radius 1 is 1.10 bits per heavy atom. The van der Waals surface area contributed by atoms with E-state index in [0.717, 1.165) is 22.3 Å². The number of aliphatic imine (C=N–C) groups is 2. The van der Waals surface area contributed by atoms with E-state index >= 15 is 0 Å². The molecule has 6 heteroatoms. The highest BCUT2D eigenvalue weighted by molar-refractivity contribution is 6.44. The zero-order valence-corrected chi connectivity index (χ0v) is 17.3. The number of nitrogens with two attached hydrogens (primary N) is 2. The van der Waals surface area contributed by atoms with Crippen molar-refractivity contribution >= 4 is 23.5 Å². The van der Waals surface area contributed by atoms with Crippen molar-refractivity contribution in [2.75, 3.05) is 20.6 Å². The molecule has 0 bridgehead atoms. The molecule has 1 unspecified atom stereocenters. The van der Waals surface area contributed by atoms with E-state index in [0.29, 0.717) is 24.5 Å². The van der Waals surface area contributed by atoms with Gasteiger partial charge in [0.05, 0.1) is 0 Å². The Morgan fingerprint density at radius 2 is 1.80 bits per heavy atom. The highest BCUT2D eigenvalue weighted by Gasteiger charge is 2.31. The third-order valence-electron chi connectivity index (χ3n) is 5.21. The average Bonchev–Trinajstić information content (AvgIpc) is 2.80. The van der Waals surface area contributed by atoms with Crippen LogP contribution in [0.3, 0.4) is 0 Å². The maximum atomic E-state index is 13.3. The first-order chi connectivity index (χ1) is 14.6. The van der Waals surface area contributed by atoms with Gasteiger partial charge >= 0.3 is 0 Å². The summed E-state index contributed by atoms with van der Waals surface area (Å²) in [6.07, 6.45) is 4.95. The molecule has 1 aliphatic rings. The fourth-order valence-electron chi connectivity index (χ4n) is 3.69. The molecule has 1 amide bonds. The van der Waals surface area contributed by atoms with Crippen LogP contribution in [0.25, 0.3) is 5.70 Å². The van der Waals surface area contributed by atoms with Gasteiger partial charge in [0.2, 0.25) is 0 Å². The summed E-state index contributed by atoms with van der Waals surface area (Å²) in [5, 5.41) is 0. The van der Waals surface area contributed by atoms with Crippen LogP contribution in [-0.4, -0.2) is 43.4 Å². The average molecular weight is 402 g/mol. The molecule has 0 saturated heterocycles. The van der Waals surface area contributed by atoms with Crippen LogP contribution in [0, 0.1) is 0 Å². The van der Waals surface area contributed by atoms with Gasteiger partial charge in [-0.1, -0.05) is 54.6 Å². The molecule has 6 nitrogen and oxygen atoms in total. The number of nitrogens with zero attached hydrogens (tertiary/aromatic N) is 3. The minimum absolute atomic E-state index is 0.0545. The number of fused-ring (bicyclic) bond motifs is 1. The summed E-state index contributed by atoms with van der Waals surface area (Å²) in [7, 11) is 3.31. The summed E-state index contributed by atoms with van der Waals surface area (Å²) >= 11 is 0. The first kappa shape index (κ1) is 21.0. The third-order valence-corrected chi connectivity index (χ3v) is 5.21. The Morgan fingerprint density at radius 3 is 2.47 bits per heavy atom. The summed E-state index contributed by atoms with van der Waals surface area (Å²) in [4.78, 5) is 23.5. The first-order valence-electron chi connectivity index (χ1n) is 9.79. The minimum atomic E-state index is -0.166. The van der Waals surface area contributed by atoms with Gasteiger partial charge in [-0.2, -0.15) is 0 Å². The van der Waals surface area contributed by atoms with Crippen LogP contribution in [0.2, 0.25) is 0 Å². The van der Waals surface area contributed by atoms with E-state index in [9.17, 15) is 4.79 Å². The van der Waals surface area contributed by atoms with Crippen LogP contribution in [0.5, 0.6) is 0 Å². The number of carbonyl (C=O) groups is 1. The molecule has 0 saturated carbocycles. The van der Waals surface area contributed by atoms with E-state index in [1.807, 2.05) is 48.5 Å². The second-order valence-electron chi connectivity index (χ2n) is 7.07. The van der Waals surface area contributed by atoms with Gasteiger partial charge in [0, 0.05) is 45.0 Å². The van der Waals surface area contributed by atoms with Gasteiger partial charge in [-0.05, 0) is 34.5 Å². The van der Waals surface area contributed by atoms with Crippen molar-refractivity contribution in [3.05, 3.63) is 89.1 Å². The molecule has 0 radical (unpaired) electrons. The summed E-state index contributed by atoms with van der Waals surface area (Å²) < 4.78 is 0. The highest BCUT2D eigenvalue weighted by Crippen LogP contribution is 2.33. The molecule has 3 rings (SSSR count). The Labute approximate surface area is 177 Å². The quantitative estimate of drug-likeness (QED) is 0.754. The summed E-state index contributed by atoms with van der Waals surface area (Å²) in [6.45, 7) is 0.994. The molecule has 0 aromatic heterocycles. The molecule has 4 N–H and O–H groups in total. The Hall–Kier alpha value is -3.67. The fraction of sp³-hybridized carbons (Fsp3) is 0.208. The topological polar surface area (TPSA) is 97.1 Å². The summed E-state index contributed by atoms with van der Waals surface area (Å²) in [5.41, 5.74) is 16.9. The minimum Gasteiger partial charge on any atom is -0.404 e. The van der Waals surface area contributed by atoms with E-state index in [-0.39, 0.29) is 11.8 Å². The molecule has 1 heterocycles. The monoisotopic (exact) mass is 401 g/mol. The van der Waals surface area contributed by atoms with Crippen molar-refractivity contribution in [1.82, 2.24) is 4.90 Å². The number of hydrogen-bond acceptors (Lipinski definition) is 5. The van der Waals surface area contributed by atoms with Crippen LogP contribution < -0.4 is 11.5 Å². The molecule has 2 aromatic rings. The number of carbonyl (C=O) groups excluding carboxylic acids is 1. The molecule has 0 fully saturated rings. The number of hydrogen-bond donors (Lipinski definition) is 2. The van der Waals surface area contributed by atoms with E-state index in [1.54, 1.807) is 37.5 Å². The second kappa shape index (κ2) is 9.69. The summed E-state index contributed by atoms with van der Waals surface area (Å²) in [6, 6.07) is 17.6. The van der Waals surface area contributed by atoms with Crippen LogP contribution >= 0.6 is 0 Å². The van der Waals surface area contributed by atoms with Crippen molar-refractivity contribution in [2.24, 2.45) is 21.5 Å². The van der Waals surface area contributed by atoms with Gasteiger partial charge in [-0.25, -0.2) is 0 Å². The smallest absolute Gasteiger partial charge is 0.272 e. The first-order valence-corrected chi connectivity index (χ1v) is 9.79. The van der Waals surface area contributed by atoms with Gasteiger partial charge < -0.3 is 16.4 Å². The maximum Gasteiger partial charge on any atom is 0.272 e. The largest absolute Gasteiger partial charge is 0.404 e. The van der Waals surface area contributed by atoms with Gasteiger partial charge in [0.15, 0.2) is 0 Å². The van der Waals surface area contributed by atoms with E-state index < -0.39 is 0 Å². The van der Waals surface area contributed by atoms with E-state index in [4.69, 9.17) is 11.5 Å². The molecule has 0 spiro atoms. The molecular formula is C24H27N5O.